The van der Waals surface area contributed by atoms with Crippen molar-refractivity contribution >= 4 is 10.0 Å². The van der Waals surface area contributed by atoms with Gasteiger partial charge in [-0.05, 0) is 37.9 Å². The highest BCUT2D eigenvalue weighted by Gasteiger charge is 2.30. The van der Waals surface area contributed by atoms with E-state index in [2.05, 4.69) is 9.62 Å². The molecule has 5 nitrogen and oxygen atoms in total. The number of ether oxygens (including phenoxy) is 1. The molecule has 2 atom stereocenters. The molecule has 3 rings (SSSR count). The molecule has 0 bridgehead atoms. The Labute approximate surface area is 126 Å². The van der Waals surface area contributed by atoms with Crippen molar-refractivity contribution in [3.63, 3.8) is 0 Å². The van der Waals surface area contributed by atoms with Crippen LogP contribution in [0.25, 0.3) is 0 Å². The molecule has 21 heavy (non-hydrogen) atoms. The average Bonchev–Trinajstić information content (AvgIpc) is 3.02. The van der Waals surface area contributed by atoms with Crippen LogP contribution < -0.4 is 4.72 Å². The van der Waals surface area contributed by atoms with E-state index >= 15 is 0 Å². The zero-order valence-electron chi connectivity index (χ0n) is 12.1. The Hall–Kier alpha value is -0.950. The molecule has 0 spiro atoms. The summed E-state index contributed by atoms with van der Waals surface area (Å²) < 4.78 is 33.0. The van der Waals surface area contributed by atoms with Crippen molar-refractivity contribution in [1.82, 2.24) is 9.62 Å². The van der Waals surface area contributed by atoms with Crippen molar-refractivity contribution in [3.8, 4) is 0 Å². The largest absolute Gasteiger partial charge is 0.380 e. The van der Waals surface area contributed by atoms with Gasteiger partial charge in [0.25, 0.3) is 0 Å². The van der Waals surface area contributed by atoms with Gasteiger partial charge in [-0.3, -0.25) is 4.90 Å². The molecule has 1 aromatic rings. The van der Waals surface area contributed by atoms with Crippen LogP contribution in [0.5, 0.6) is 0 Å². The smallest absolute Gasteiger partial charge is 0.240 e. The van der Waals surface area contributed by atoms with Crippen LogP contribution in [-0.2, 0) is 14.8 Å². The van der Waals surface area contributed by atoms with Gasteiger partial charge >= 0.3 is 0 Å². The van der Waals surface area contributed by atoms with E-state index in [-0.39, 0.29) is 6.04 Å². The lowest BCUT2D eigenvalue weighted by molar-refractivity contribution is 0.117. The molecule has 0 radical (unpaired) electrons. The molecule has 0 aliphatic carbocycles. The molecule has 1 aromatic carbocycles. The van der Waals surface area contributed by atoms with Gasteiger partial charge in [-0.1, -0.05) is 18.2 Å². The first kappa shape index (κ1) is 15.0. The number of hydrogen-bond donors (Lipinski definition) is 1. The van der Waals surface area contributed by atoms with Gasteiger partial charge in [0.2, 0.25) is 10.0 Å². The van der Waals surface area contributed by atoms with Crippen LogP contribution in [0.4, 0.5) is 0 Å². The molecule has 2 aliphatic rings. The van der Waals surface area contributed by atoms with E-state index in [1.54, 1.807) is 24.3 Å². The summed E-state index contributed by atoms with van der Waals surface area (Å²) in [7, 11) is -3.41. The van der Waals surface area contributed by atoms with Crippen molar-refractivity contribution in [1.29, 1.82) is 0 Å². The Morgan fingerprint density at radius 1 is 1.19 bits per heavy atom. The van der Waals surface area contributed by atoms with Gasteiger partial charge < -0.3 is 4.74 Å². The van der Waals surface area contributed by atoms with Crippen LogP contribution in [0.3, 0.4) is 0 Å². The third-order valence-electron chi connectivity index (χ3n) is 4.25. The fourth-order valence-electron chi connectivity index (χ4n) is 3.13. The first-order chi connectivity index (χ1) is 10.1. The third kappa shape index (κ3) is 3.63. The van der Waals surface area contributed by atoms with Crippen LogP contribution in [0.15, 0.2) is 35.2 Å². The number of piperidine rings is 1. The van der Waals surface area contributed by atoms with Crippen molar-refractivity contribution in [3.05, 3.63) is 30.3 Å². The summed E-state index contributed by atoms with van der Waals surface area (Å²) in [6, 6.07) is 9.02. The molecular weight excluding hydrogens is 288 g/mol. The van der Waals surface area contributed by atoms with Crippen molar-refractivity contribution in [2.75, 3.05) is 26.3 Å². The molecule has 1 N–H and O–H groups in total. The first-order valence-corrected chi connectivity index (χ1v) is 9.03. The van der Waals surface area contributed by atoms with Crippen molar-refractivity contribution in [2.24, 2.45) is 0 Å². The van der Waals surface area contributed by atoms with Gasteiger partial charge in [0.1, 0.15) is 0 Å². The van der Waals surface area contributed by atoms with Crippen molar-refractivity contribution < 1.29 is 13.2 Å². The molecule has 0 unspecified atom stereocenters. The van der Waals surface area contributed by atoms with Crippen LogP contribution >= 0.6 is 0 Å². The molecule has 0 amide bonds. The summed E-state index contributed by atoms with van der Waals surface area (Å²) >= 11 is 0. The molecule has 6 heteroatoms. The molecule has 2 aliphatic heterocycles. The van der Waals surface area contributed by atoms with E-state index < -0.39 is 10.0 Å². The van der Waals surface area contributed by atoms with E-state index in [0.717, 1.165) is 45.6 Å². The normalized spacial score (nSPS) is 27.8. The highest BCUT2D eigenvalue weighted by molar-refractivity contribution is 7.89. The second-order valence-electron chi connectivity index (χ2n) is 5.79. The fourth-order valence-corrected chi connectivity index (χ4v) is 4.41. The maximum Gasteiger partial charge on any atom is 0.240 e. The minimum Gasteiger partial charge on any atom is -0.380 e. The fraction of sp³-hybridized carbons (Fsp3) is 0.600. The minimum absolute atomic E-state index is 0.00967. The van der Waals surface area contributed by atoms with E-state index in [9.17, 15) is 8.42 Å². The maximum atomic E-state index is 12.4. The predicted molar refractivity (Wildman–Crippen MR) is 80.6 cm³/mol. The average molecular weight is 310 g/mol. The molecule has 0 saturated carbocycles. The van der Waals surface area contributed by atoms with Crippen LogP contribution in [0.2, 0.25) is 0 Å². The summed E-state index contributed by atoms with van der Waals surface area (Å²) in [5.74, 6) is 0. The van der Waals surface area contributed by atoms with Gasteiger partial charge in [0.15, 0.2) is 0 Å². The zero-order chi connectivity index (χ0) is 14.7. The number of benzene rings is 1. The lowest BCUT2D eigenvalue weighted by Gasteiger charge is -2.36. The molecular formula is C15H22N2O3S. The second-order valence-corrected chi connectivity index (χ2v) is 7.50. The second kappa shape index (κ2) is 6.44. The molecule has 0 aromatic heterocycles. The lowest BCUT2D eigenvalue weighted by atomic mass is 10.0. The standard InChI is InChI=1S/C15H22N2O3S/c18-21(19,15-6-2-1-3-7-15)16-13-5-4-9-17(11-13)14-8-10-20-12-14/h1-3,6-7,13-14,16H,4-5,8-12H2/t13-,14-/m1/s1. The van der Waals surface area contributed by atoms with E-state index in [1.165, 1.54) is 0 Å². The Morgan fingerprint density at radius 2 is 2.00 bits per heavy atom. The van der Waals surface area contributed by atoms with E-state index in [4.69, 9.17) is 4.74 Å². The Bertz CT molecular complexity index is 556. The van der Waals surface area contributed by atoms with Crippen LogP contribution in [0.1, 0.15) is 19.3 Å². The first-order valence-electron chi connectivity index (χ1n) is 7.54. The maximum absolute atomic E-state index is 12.4. The third-order valence-corrected chi connectivity index (χ3v) is 5.79. The monoisotopic (exact) mass is 310 g/mol. The van der Waals surface area contributed by atoms with Crippen LogP contribution in [-0.4, -0.2) is 51.7 Å². The van der Waals surface area contributed by atoms with E-state index in [1.807, 2.05) is 6.07 Å². The van der Waals surface area contributed by atoms with Crippen LogP contribution in [0, 0.1) is 0 Å². The minimum atomic E-state index is -3.41. The van der Waals surface area contributed by atoms with Gasteiger partial charge in [-0.25, -0.2) is 13.1 Å². The summed E-state index contributed by atoms with van der Waals surface area (Å²) in [4.78, 5) is 2.71. The Balaban J connectivity index is 1.64. The van der Waals surface area contributed by atoms with Gasteiger partial charge in [-0.2, -0.15) is 0 Å². The highest BCUT2D eigenvalue weighted by atomic mass is 32.2. The van der Waals surface area contributed by atoms with Crippen molar-refractivity contribution in [2.45, 2.75) is 36.2 Å². The lowest BCUT2D eigenvalue weighted by Crippen LogP contribution is -2.51. The number of nitrogens with one attached hydrogen (secondary N) is 1. The number of likely N-dealkylation sites (tertiary alicyclic amines) is 1. The zero-order valence-corrected chi connectivity index (χ0v) is 12.9. The van der Waals surface area contributed by atoms with Gasteiger partial charge in [-0.15, -0.1) is 0 Å². The molecule has 2 heterocycles. The summed E-state index contributed by atoms with van der Waals surface area (Å²) in [5, 5.41) is 0. The number of hydrogen-bond acceptors (Lipinski definition) is 4. The summed E-state index contributed by atoms with van der Waals surface area (Å²) in [6.45, 7) is 3.41. The number of rotatable bonds is 4. The predicted octanol–water partition coefficient (Wildman–Crippen LogP) is 1.22. The van der Waals surface area contributed by atoms with Gasteiger partial charge in [0, 0.05) is 25.2 Å². The summed E-state index contributed by atoms with van der Waals surface area (Å²) in [6.07, 6.45) is 2.98. The van der Waals surface area contributed by atoms with E-state index in [0.29, 0.717) is 10.9 Å². The molecule has 2 saturated heterocycles. The Kier molecular flexibility index (Phi) is 4.59. The molecule has 2 fully saturated rings. The Morgan fingerprint density at radius 3 is 2.71 bits per heavy atom. The van der Waals surface area contributed by atoms with Gasteiger partial charge in [0.05, 0.1) is 11.5 Å². The molecule has 116 valence electrons. The highest BCUT2D eigenvalue weighted by Crippen LogP contribution is 2.20. The quantitative estimate of drug-likeness (QED) is 0.908. The number of sulfonamides is 1. The number of nitrogens with zero attached hydrogens (tertiary/aromatic N) is 1. The topological polar surface area (TPSA) is 58.6 Å². The summed E-state index contributed by atoms with van der Waals surface area (Å²) in [5.41, 5.74) is 0. The SMILES string of the molecule is O=S(=O)(N[C@@H]1CCCN([C@@H]2CCOC2)C1)c1ccccc1.